The molecule has 17 heavy (non-hydrogen) atoms. The topological polar surface area (TPSA) is 48.1 Å². The van der Waals surface area contributed by atoms with Gasteiger partial charge >= 0.3 is 0 Å². The summed E-state index contributed by atoms with van der Waals surface area (Å²) in [7, 11) is 0. The molecule has 0 aliphatic rings. The summed E-state index contributed by atoms with van der Waals surface area (Å²) in [6.07, 6.45) is 0.968. The number of halogens is 3. The number of nitrogens with zero attached hydrogens (tertiary/aromatic N) is 1. The number of ether oxygens (including phenoxy) is 1. The van der Waals surface area contributed by atoms with E-state index in [0.29, 0.717) is 10.0 Å². The van der Waals surface area contributed by atoms with Crippen LogP contribution >= 0.6 is 23.2 Å². The second-order valence-electron chi connectivity index (χ2n) is 3.20. The number of rotatable bonds is 2. The van der Waals surface area contributed by atoms with E-state index in [9.17, 15) is 4.39 Å². The molecule has 0 aliphatic carbocycles. The van der Waals surface area contributed by atoms with Crippen molar-refractivity contribution in [1.82, 2.24) is 4.98 Å². The highest BCUT2D eigenvalue weighted by Crippen LogP contribution is 2.35. The average molecular weight is 273 g/mol. The molecule has 1 heterocycles. The van der Waals surface area contributed by atoms with Crippen molar-refractivity contribution < 1.29 is 9.13 Å². The molecule has 0 amide bonds. The first-order valence-electron chi connectivity index (χ1n) is 4.61. The zero-order chi connectivity index (χ0) is 12.4. The summed E-state index contributed by atoms with van der Waals surface area (Å²) in [5, 5.41) is 0.671. The summed E-state index contributed by atoms with van der Waals surface area (Å²) in [5.74, 6) is -0.226. The molecule has 1 aromatic heterocycles. The normalized spacial score (nSPS) is 10.3. The Morgan fingerprint density at radius 2 is 1.88 bits per heavy atom. The van der Waals surface area contributed by atoms with Crippen molar-refractivity contribution >= 4 is 28.9 Å². The number of pyridine rings is 1. The van der Waals surface area contributed by atoms with E-state index < -0.39 is 5.82 Å². The van der Waals surface area contributed by atoms with Crippen LogP contribution in [0, 0.1) is 5.82 Å². The van der Waals surface area contributed by atoms with Gasteiger partial charge in [0.1, 0.15) is 0 Å². The third kappa shape index (κ3) is 2.60. The van der Waals surface area contributed by atoms with Gasteiger partial charge in [-0.1, -0.05) is 29.3 Å². The Labute approximate surface area is 107 Å². The van der Waals surface area contributed by atoms with Crippen molar-refractivity contribution in [3.05, 3.63) is 46.3 Å². The summed E-state index contributed by atoms with van der Waals surface area (Å²) in [5.41, 5.74) is 5.33. The van der Waals surface area contributed by atoms with E-state index in [4.69, 9.17) is 33.7 Å². The summed E-state index contributed by atoms with van der Waals surface area (Å²) < 4.78 is 18.3. The van der Waals surface area contributed by atoms with Crippen LogP contribution in [0.25, 0.3) is 0 Å². The lowest BCUT2D eigenvalue weighted by Crippen LogP contribution is -1.95. The zero-order valence-electron chi connectivity index (χ0n) is 8.45. The number of hydrogen-bond donors (Lipinski definition) is 1. The van der Waals surface area contributed by atoms with Gasteiger partial charge in [-0.05, 0) is 12.1 Å². The summed E-state index contributed by atoms with van der Waals surface area (Å²) in [6.45, 7) is 0. The van der Waals surface area contributed by atoms with Crippen LogP contribution in [0.15, 0.2) is 30.5 Å². The van der Waals surface area contributed by atoms with Crippen molar-refractivity contribution in [2.45, 2.75) is 0 Å². The van der Waals surface area contributed by atoms with Crippen molar-refractivity contribution in [2.24, 2.45) is 0 Å². The fraction of sp³-hybridized carbons (Fsp3) is 0. The number of nitrogens with two attached hydrogens (primary N) is 1. The Morgan fingerprint density at radius 1 is 1.24 bits per heavy atom. The van der Waals surface area contributed by atoms with Gasteiger partial charge in [0.05, 0.1) is 21.9 Å². The lowest BCUT2D eigenvalue weighted by Gasteiger charge is -2.08. The van der Waals surface area contributed by atoms with Gasteiger partial charge in [0.2, 0.25) is 5.88 Å². The van der Waals surface area contributed by atoms with E-state index in [1.54, 1.807) is 18.2 Å². The van der Waals surface area contributed by atoms with Gasteiger partial charge in [-0.3, -0.25) is 0 Å². The van der Waals surface area contributed by atoms with Gasteiger partial charge in [0.15, 0.2) is 11.6 Å². The maximum Gasteiger partial charge on any atom is 0.221 e. The molecule has 0 unspecified atom stereocenters. The maximum atomic E-state index is 12.9. The SMILES string of the molecule is Nc1cc(Oc2c(Cl)cccc2Cl)ncc1F. The quantitative estimate of drug-likeness (QED) is 0.902. The number of para-hydroxylation sites is 1. The van der Waals surface area contributed by atoms with E-state index in [1.165, 1.54) is 6.07 Å². The molecular formula is C11H7Cl2FN2O. The van der Waals surface area contributed by atoms with Crippen LogP contribution < -0.4 is 10.5 Å². The van der Waals surface area contributed by atoms with Crippen molar-refractivity contribution in [2.75, 3.05) is 5.73 Å². The smallest absolute Gasteiger partial charge is 0.221 e. The molecule has 88 valence electrons. The third-order valence-corrected chi connectivity index (χ3v) is 2.58. The standard InChI is InChI=1S/C11H7Cl2FN2O/c12-6-2-1-3-7(13)11(6)17-10-4-9(15)8(14)5-16-10/h1-5H,(H2,15,16). The van der Waals surface area contributed by atoms with Crippen LogP contribution in [0.4, 0.5) is 10.1 Å². The minimum absolute atomic E-state index is 0.0572. The van der Waals surface area contributed by atoms with E-state index >= 15 is 0 Å². The minimum atomic E-state index is -0.609. The molecule has 0 saturated heterocycles. The molecule has 6 heteroatoms. The molecule has 0 radical (unpaired) electrons. The summed E-state index contributed by atoms with van der Waals surface area (Å²) in [4.78, 5) is 3.72. The molecule has 2 N–H and O–H groups in total. The largest absolute Gasteiger partial charge is 0.436 e. The molecule has 0 saturated carbocycles. The Morgan fingerprint density at radius 3 is 2.47 bits per heavy atom. The van der Waals surface area contributed by atoms with Crippen molar-refractivity contribution in [3.8, 4) is 11.6 Å². The van der Waals surface area contributed by atoms with Gasteiger partial charge in [0, 0.05) is 6.07 Å². The number of hydrogen-bond acceptors (Lipinski definition) is 3. The number of benzene rings is 1. The monoisotopic (exact) mass is 272 g/mol. The molecule has 0 fully saturated rings. The molecule has 2 aromatic rings. The van der Waals surface area contributed by atoms with Crippen LogP contribution in [-0.4, -0.2) is 4.98 Å². The Bertz CT molecular complexity index is 543. The van der Waals surface area contributed by atoms with Crippen molar-refractivity contribution in [1.29, 1.82) is 0 Å². The van der Waals surface area contributed by atoms with Crippen LogP contribution in [0.1, 0.15) is 0 Å². The lowest BCUT2D eigenvalue weighted by molar-refractivity contribution is 0.460. The van der Waals surface area contributed by atoms with Crippen LogP contribution in [-0.2, 0) is 0 Å². The van der Waals surface area contributed by atoms with Gasteiger partial charge in [0.25, 0.3) is 0 Å². The fourth-order valence-corrected chi connectivity index (χ4v) is 1.65. The van der Waals surface area contributed by atoms with Gasteiger partial charge in [-0.15, -0.1) is 0 Å². The highest BCUT2D eigenvalue weighted by atomic mass is 35.5. The second-order valence-corrected chi connectivity index (χ2v) is 4.01. The molecule has 0 spiro atoms. The summed E-state index contributed by atoms with van der Waals surface area (Å²) in [6, 6.07) is 6.18. The molecule has 0 aliphatic heterocycles. The molecule has 2 rings (SSSR count). The van der Waals surface area contributed by atoms with Gasteiger partial charge < -0.3 is 10.5 Å². The van der Waals surface area contributed by atoms with Gasteiger partial charge in [-0.2, -0.15) is 0 Å². The first-order valence-corrected chi connectivity index (χ1v) is 5.36. The van der Waals surface area contributed by atoms with Crippen LogP contribution in [0.3, 0.4) is 0 Å². The first kappa shape index (κ1) is 12.0. The van der Waals surface area contributed by atoms with Crippen LogP contribution in [0.2, 0.25) is 10.0 Å². The predicted molar refractivity (Wildman–Crippen MR) is 65.1 cm³/mol. The Balaban J connectivity index is 2.35. The lowest BCUT2D eigenvalue weighted by atomic mass is 10.3. The third-order valence-electron chi connectivity index (χ3n) is 1.99. The highest BCUT2D eigenvalue weighted by molar-refractivity contribution is 6.37. The van der Waals surface area contributed by atoms with Gasteiger partial charge in [-0.25, -0.2) is 9.37 Å². The number of anilines is 1. The van der Waals surface area contributed by atoms with Crippen LogP contribution in [0.5, 0.6) is 11.6 Å². The zero-order valence-corrected chi connectivity index (χ0v) is 9.97. The molecule has 1 aromatic carbocycles. The summed E-state index contributed by atoms with van der Waals surface area (Å²) >= 11 is 11.8. The molecule has 3 nitrogen and oxygen atoms in total. The first-order chi connectivity index (χ1) is 8.08. The van der Waals surface area contributed by atoms with E-state index in [0.717, 1.165) is 6.20 Å². The Hall–Kier alpha value is -1.52. The molecule has 0 atom stereocenters. The average Bonchev–Trinajstić information content (AvgIpc) is 2.28. The highest BCUT2D eigenvalue weighted by Gasteiger charge is 2.10. The number of nitrogen functional groups attached to an aromatic ring is 1. The predicted octanol–water partition coefficient (Wildman–Crippen LogP) is 3.90. The minimum Gasteiger partial charge on any atom is -0.436 e. The van der Waals surface area contributed by atoms with Crippen molar-refractivity contribution in [3.63, 3.8) is 0 Å². The van der Waals surface area contributed by atoms with E-state index in [1.807, 2.05) is 0 Å². The van der Waals surface area contributed by atoms with E-state index in [-0.39, 0.29) is 17.3 Å². The molecule has 0 bridgehead atoms. The second kappa shape index (κ2) is 4.77. The Kier molecular flexibility index (Phi) is 3.36. The maximum absolute atomic E-state index is 12.9. The van der Waals surface area contributed by atoms with E-state index in [2.05, 4.69) is 4.98 Å². The number of aromatic nitrogens is 1. The molecular weight excluding hydrogens is 266 g/mol. The fourth-order valence-electron chi connectivity index (χ4n) is 1.17.